The summed E-state index contributed by atoms with van der Waals surface area (Å²) < 4.78 is 16.5. The Balaban J connectivity index is 1.37. The van der Waals surface area contributed by atoms with E-state index in [1.165, 1.54) is 44.9 Å². The van der Waals surface area contributed by atoms with Crippen molar-refractivity contribution in [1.29, 1.82) is 0 Å². The zero-order valence-corrected chi connectivity index (χ0v) is 20.8. The van der Waals surface area contributed by atoms with Gasteiger partial charge in [0, 0.05) is 5.56 Å². The first-order valence-corrected chi connectivity index (χ1v) is 12.5. The average molecular weight is 464 g/mol. The lowest BCUT2D eigenvalue weighted by Crippen LogP contribution is -2.05. The van der Waals surface area contributed by atoms with Crippen LogP contribution in [0.4, 0.5) is 0 Å². The average Bonchev–Trinajstić information content (AvgIpc) is 3.20. The predicted molar refractivity (Wildman–Crippen MR) is 135 cm³/mol. The normalized spacial score (nSPS) is 10.9. The molecule has 3 aromatic rings. The van der Waals surface area contributed by atoms with Gasteiger partial charge in [0.15, 0.2) is 0 Å². The summed E-state index contributed by atoms with van der Waals surface area (Å²) in [6, 6.07) is 15.1. The summed E-state index contributed by atoms with van der Waals surface area (Å²) in [5.74, 6) is 1.24. The minimum atomic E-state index is -0.343. The molecule has 0 atom stereocenters. The van der Waals surface area contributed by atoms with Crippen LogP contribution in [0.3, 0.4) is 0 Å². The number of aromatic nitrogens is 1. The Morgan fingerprint density at radius 3 is 2.12 bits per heavy atom. The van der Waals surface area contributed by atoms with Gasteiger partial charge in [0.05, 0.1) is 17.9 Å². The maximum atomic E-state index is 12.4. The fourth-order valence-electron chi connectivity index (χ4n) is 4.01. The van der Waals surface area contributed by atoms with Crippen LogP contribution in [0.15, 0.2) is 53.1 Å². The zero-order valence-electron chi connectivity index (χ0n) is 20.8. The van der Waals surface area contributed by atoms with Gasteiger partial charge in [0.1, 0.15) is 18.1 Å². The molecule has 0 saturated heterocycles. The number of aryl methyl sites for hydroxylation is 2. The van der Waals surface area contributed by atoms with Crippen molar-refractivity contribution in [2.45, 2.75) is 78.7 Å². The third kappa shape index (κ3) is 7.75. The fraction of sp³-hybridized carbons (Fsp3) is 0.448. The van der Waals surface area contributed by atoms with Crippen LogP contribution in [0, 0.1) is 13.8 Å². The summed E-state index contributed by atoms with van der Waals surface area (Å²) in [5, 5.41) is 4.00. The van der Waals surface area contributed by atoms with E-state index in [1.54, 1.807) is 12.1 Å². The second-order valence-corrected chi connectivity index (χ2v) is 8.82. The molecule has 5 nitrogen and oxygen atoms in total. The number of benzene rings is 2. The fourth-order valence-corrected chi connectivity index (χ4v) is 4.01. The highest BCUT2D eigenvalue weighted by atomic mass is 16.5. The van der Waals surface area contributed by atoms with E-state index in [2.05, 4.69) is 12.1 Å². The lowest BCUT2D eigenvalue weighted by molar-refractivity contribution is 0.0472. The van der Waals surface area contributed by atoms with Crippen LogP contribution in [0.1, 0.15) is 85.7 Å². The van der Waals surface area contributed by atoms with E-state index in [9.17, 15) is 4.79 Å². The Morgan fingerprint density at radius 1 is 0.853 bits per heavy atom. The molecule has 0 bridgehead atoms. The third-order valence-electron chi connectivity index (χ3n) is 6.00. The quantitative estimate of drug-likeness (QED) is 0.180. The monoisotopic (exact) mass is 463 g/mol. The van der Waals surface area contributed by atoms with E-state index in [0.29, 0.717) is 12.2 Å². The van der Waals surface area contributed by atoms with Crippen LogP contribution in [0.25, 0.3) is 11.1 Å². The molecule has 1 heterocycles. The Morgan fingerprint density at radius 2 is 1.50 bits per heavy atom. The van der Waals surface area contributed by atoms with Crippen LogP contribution in [-0.4, -0.2) is 17.7 Å². The standard InChI is InChI=1S/C29H37NO4/c1-4-5-6-7-8-9-10-11-20-32-27-18-16-26(17-19-27)29(31)33-21-24-12-14-25(15-13-24)28-22(2)30-34-23(28)3/h12-19H,4-11,20-21H2,1-3H3. The summed E-state index contributed by atoms with van der Waals surface area (Å²) in [6.45, 7) is 7.00. The first-order valence-electron chi connectivity index (χ1n) is 12.5. The minimum Gasteiger partial charge on any atom is -0.494 e. The van der Waals surface area contributed by atoms with Crippen LogP contribution < -0.4 is 4.74 Å². The molecule has 0 aliphatic rings. The van der Waals surface area contributed by atoms with Gasteiger partial charge in [0.2, 0.25) is 0 Å². The molecular weight excluding hydrogens is 426 g/mol. The Bertz CT molecular complexity index is 986. The number of hydrogen-bond donors (Lipinski definition) is 0. The molecule has 0 aliphatic heterocycles. The number of ether oxygens (including phenoxy) is 2. The van der Waals surface area contributed by atoms with Crippen molar-refractivity contribution >= 4 is 5.97 Å². The van der Waals surface area contributed by atoms with Crippen molar-refractivity contribution in [3.8, 4) is 16.9 Å². The van der Waals surface area contributed by atoms with Gasteiger partial charge in [-0.15, -0.1) is 0 Å². The van der Waals surface area contributed by atoms with E-state index >= 15 is 0 Å². The van der Waals surface area contributed by atoms with Gasteiger partial charge in [-0.1, -0.05) is 81.3 Å². The minimum absolute atomic E-state index is 0.220. The SMILES string of the molecule is CCCCCCCCCCOc1ccc(C(=O)OCc2ccc(-c3c(C)noc3C)cc2)cc1. The molecule has 0 spiro atoms. The highest BCUT2D eigenvalue weighted by molar-refractivity contribution is 5.89. The van der Waals surface area contributed by atoms with Gasteiger partial charge in [-0.25, -0.2) is 4.79 Å². The van der Waals surface area contributed by atoms with E-state index in [1.807, 2.05) is 50.2 Å². The van der Waals surface area contributed by atoms with E-state index in [0.717, 1.165) is 40.3 Å². The number of rotatable bonds is 14. The number of unbranched alkanes of at least 4 members (excludes halogenated alkanes) is 7. The molecule has 5 heteroatoms. The number of nitrogens with zero attached hydrogens (tertiary/aromatic N) is 1. The molecule has 0 fully saturated rings. The lowest BCUT2D eigenvalue weighted by atomic mass is 10.0. The maximum absolute atomic E-state index is 12.4. The molecule has 34 heavy (non-hydrogen) atoms. The number of hydrogen-bond acceptors (Lipinski definition) is 5. The van der Waals surface area contributed by atoms with Crippen molar-refractivity contribution in [2.24, 2.45) is 0 Å². The molecule has 0 aliphatic carbocycles. The molecule has 0 unspecified atom stereocenters. The smallest absolute Gasteiger partial charge is 0.338 e. The van der Waals surface area contributed by atoms with Gasteiger partial charge >= 0.3 is 5.97 Å². The molecule has 3 rings (SSSR count). The van der Waals surface area contributed by atoms with Crippen LogP contribution >= 0.6 is 0 Å². The molecule has 1 aromatic heterocycles. The first kappa shape index (κ1) is 25.5. The van der Waals surface area contributed by atoms with E-state index in [-0.39, 0.29) is 12.6 Å². The van der Waals surface area contributed by atoms with Crippen molar-refractivity contribution in [3.63, 3.8) is 0 Å². The van der Waals surface area contributed by atoms with E-state index in [4.69, 9.17) is 14.0 Å². The molecule has 0 amide bonds. The second-order valence-electron chi connectivity index (χ2n) is 8.82. The van der Waals surface area contributed by atoms with Gasteiger partial charge in [-0.2, -0.15) is 0 Å². The Kier molecular flexibility index (Phi) is 10.2. The summed E-state index contributed by atoms with van der Waals surface area (Å²) in [7, 11) is 0. The molecule has 2 aromatic carbocycles. The Hall–Kier alpha value is -3.08. The molecular formula is C29H37NO4. The Labute approximate surface area is 203 Å². The number of carbonyl (C=O) groups excluding carboxylic acids is 1. The topological polar surface area (TPSA) is 61.6 Å². The van der Waals surface area contributed by atoms with Gasteiger partial charge < -0.3 is 14.0 Å². The van der Waals surface area contributed by atoms with Crippen molar-refractivity contribution in [2.75, 3.05) is 6.61 Å². The van der Waals surface area contributed by atoms with Crippen molar-refractivity contribution in [3.05, 3.63) is 71.1 Å². The molecule has 0 radical (unpaired) electrons. The highest BCUT2D eigenvalue weighted by Crippen LogP contribution is 2.27. The third-order valence-corrected chi connectivity index (χ3v) is 6.00. The second kappa shape index (κ2) is 13.6. The molecule has 0 saturated carbocycles. The van der Waals surface area contributed by atoms with Crippen LogP contribution in [-0.2, 0) is 11.3 Å². The summed E-state index contributed by atoms with van der Waals surface area (Å²) in [5.41, 5.74) is 4.35. The van der Waals surface area contributed by atoms with Crippen LogP contribution in [0.5, 0.6) is 5.75 Å². The van der Waals surface area contributed by atoms with Gasteiger partial charge in [0.25, 0.3) is 0 Å². The van der Waals surface area contributed by atoms with E-state index < -0.39 is 0 Å². The van der Waals surface area contributed by atoms with Crippen molar-refractivity contribution < 1.29 is 18.8 Å². The number of carbonyl (C=O) groups is 1. The zero-order chi connectivity index (χ0) is 24.2. The van der Waals surface area contributed by atoms with Crippen LogP contribution in [0.2, 0.25) is 0 Å². The number of esters is 1. The molecule has 0 N–H and O–H groups in total. The summed E-state index contributed by atoms with van der Waals surface area (Å²) in [4.78, 5) is 12.4. The maximum Gasteiger partial charge on any atom is 0.338 e. The summed E-state index contributed by atoms with van der Waals surface area (Å²) in [6.07, 6.45) is 10.2. The highest BCUT2D eigenvalue weighted by Gasteiger charge is 2.12. The summed E-state index contributed by atoms with van der Waals surface area (Å²) >= 11 is 0. The lowest BCUT2D eigenvalue weighted by Gasteiger charge is -2.08. The largest absolute Gasteiger partial charge is 0.494 e. The van der Waals surface area contributed by atoms with Gasteiger partial charge in [-0.3, -0.25) is 0 Å². The van der Waals surface area contributed by atoms with Gasteiger partial charge in [-0.05, 0) is 55.7 Å². The predicted octanol–water partition coefficient (Wildman–Crippen LogP) is 7.83. The molecule has 182 valence electrons. The first-order chi connectivity index (χ1) is 16.6. The van der Waals surface area contributed by atoms with Crippen molar-refractivity contribution in [1.82, 2.24) is 5.16 Å².